The van der Waals surface area contributed by atoms with Crippen LogP contribution in [0.5, 0.6) is 5.75 Å². The topological polar surface area (TPSA) is 49.9 Å². The van der Waals surface area contributed by atoms with Crippen molar-refractivity contribution in [3.8, 4) is 5.75 Å². The SMILES string of the molecule is COc1ccc(Cl)cc1C(=O)N1CCC(C(=O)N(C)Cc2cc(Br)ccc2F)CC1. The third kappa shape index (κ3) is 5.13. The van der Waals surface area contributed by atoms with Crippen LogP contribution in [0.15, 0.2) is 40.9 Å². The maximum atomic E-state index is 14.0. The smallest absolute Gasteiger partial charge is 0.257 e. The van der Waals surface area contributed by atoms with E-state index in [1.54, 1.807) is 47.2 Å². The first-order chi connectivity index (χ1) is 14.3. The van der Waals surface area contributed by atoms with Gasteiger partial charge in [-0.2, -0.15) is 0 Å². The normalized spacial score (nSPS) is 14.5. The predicted octanol–water partition coefficient (Wildman–Crippen LogP) is 4.76. The van der Waals surface area contributed by atoms with Gasteiger partial charge >= 0.3 is 0 Å². The highest BCUT2D eigenvalue weighted by Crippen LogP contribution is 2.27. The molecule has 1 aliphatic heterocycles. The highest BCUT2D eigenvalue weighted by Gasteiger charge is 2.30. The fourth-order valence-corrected chi connectivity index (χ4v) is 4.24. The van der Waals surface area contributed by atoms with E-state index in [-0.39, 0.29) is 30.1 Å². The Morgan fingerprint density at radius 2 is 1.93 bits per heavy atom. The van der Waals surface area contributed by atoms with Gasteiger partial charge in [-0.05, 0) is 49.2 Å². The predicted molar refractivity (Wildman–Crippen MR) is 117 cm³/mol. The second kappa shape index (κ2) is 9.79. The molecule has 3 rings (SSSR count). The summed E-state index contributed by atoms with van der Waals surface area (Å²) in [4.78, 5) is 29.0. The minimum Gasteiger partial charge on any atom is -0.496 e. The Labute approximate surface area is 188 Å². The first-order valence-corrected chi connectivity index (χ1v) is 10.8. The summed E-state index contributed by atoms with van der Waals surface area (Å²) in [5, 5.41) is 0.464. The van der Waals surface area contributed by atoms with Gasteiger partial charge in [0.2, 0.25) is 5.91 Å². The fraction of sp³-hybridized carbons (Fsp3) is 0.364. The first-order valence-electron chi connectivity index (χ1n) is 9.62. The minimum absolute atomic E-state index is 0.0400. The number of carbonyl (C=O) groups is 2. The van der Waals surface area contributed by atoms with E-state index in [1.165, 1.54) is 13.2 Å². The van der Waals surface area contributed by atoms with Gasteiger partial charge in [-0.1, -0.05) is 27.5 Å². The molecule has 30 heavy (non-hydrogen) atoms. The Morgan fingerprint density at radius 1 is 1.23 bits per heavy atom. The second-order valence-corrected chi connectivity index (χ2v) is 8.69. The summed E-state index contributed by atoms with van der Waals surface area (Å²) < 4.78 is 20.0. The summed E-state index contributed by atoms with van der Waals surface area (Å²) in [6, 6.07) is 9.63. The molecule has 0 N–H and O–H groups in total. The molecule has 0 bridgehead atoms. The molecule has 1 heterocycles. The van der Waals surface area contributed by atoms with Crippen molar-refractivity contribution in [1.82, 2.24) is 9.80 Å². The maximum Gasteiger partial charge on any atom is 0.257 e. The monoisotopic (exact) mass is 496 g/mol. The third-order valence-electron chi connectivity index (χ3n) is 5.31. The summed E-state index contributed by atoms with van der Waals surface area (Å²) in [5.74, 6) is -0.269. The van der Waals surface area contributed by atoms with Crippen molar-refractivity contribution in [2.75, 3.05) is 27.2 Å². The average molecular weight is 498 g/mol. The summed E-state index contributed by atoms with van der Waals surface area (Å²) in [5.41, 5.74) is 0.873. The van der Waals surface area contributed by atoms with Gasteiger partial charge in [0.15, 0.2) is 0 Å². The molecule has 1 aliphatic rings. The number of likely N-dealkylation sites (tertiary alicyclic amines) is 1. The van der Waals surface area contributed by atoms with Crippen molar-refractivity contribution in [3.05, 3.63) is 62.8 Å². The molecule has 160 valence electrons. The van der Waals surface area contributed by atoms with E-state index >= 15 is 0 Å². The van der Waals surface area contributed by atoms with E-state index in [1.807, 2.05) is 0 Å². The number of amides is 2. The molecule has 0 radical (unpaired) electrons. The lowest BCUT2D eigenvalue weighted by atomic mass is 9.94. The number of methoxy groups -OCH3 is 1. The summed E-state index contributed by atoms with van der Waals surface area (Å²) in [6.07, 6.45) is 1.11. The fourth-order valence-electron chi connectivity index (χ4n) is 3.66. The van der Waals surface area contributed by atoms with E-state index in [0.29, 0.717) is 47.8 Å². The molecule has 8 heteroatoms. The van der Waals surface area contributed by atoms with Crippen molar-refractivity contribution in [3.63, 3.8) is 0 Å². The molecular formula is C22H23BrClFN2O3. The highest BCUT2D eigenvalue weighted by atomic mass is 79.9. The lowest BCUT2D eigenvalue weighted by Gasteiger charge is -2.33. The number of carbonyl (C=O) groups excluding carboxylic acids is 2. The molecule has 5 nitrogen and oxygen atoms in total. The number of rotatable bonds is 5. The maximum absolute atomic E-state index is 14.0. The Hall–Kier alpha value is -2.12. The molecule has 0 spiro atoms. The standard InChI is InChI=1S/C22H23BrClFN2O3/c1-26(13-15-11-16(23)3-5-19(15)25)21(28)14-7-9-27(10-8-14)22(29)18-12-17(24)4-6-20(18)30-2/h3-6,11-12,14H,7-10,13H2,1-2H3. The molecule has 2 aromatic rings. The lowest BCUT2D eigenvalue weighted by molar-refractivity contribution is -0.136. The van der Waals surface area contributed by atoms with Gasteiger partial charge in [0.25, 0.3) is 5.91 Å². The van der Waals surface area contributed by atoms with Gasteiger partial charge in [-0.25, -0.2) is 4.39 Å². The molecule has 1 saturated heterocycles. The van der Waals surface area contributed by atoms with Crippen LogP contribution in [0.4, 0.5) is 4.39 Å². The molecule has 1 fully saturated rings. The molecule has 0 saturated carbocycles. The second-order valence-electron chi connectivity index (χ2n) is 7.34. The number of hydrogen-bond donors (Lipinski definition) is 0. The van der Waals surface area contributed by atoms with Crippen molar-refractivity contribution >= 4 is 39.3 Å². The van der Waals surface area contributed by atoms with Crippen LogP contribution in [0, 0.1) is 11.7 Å². The van der Waals surface area contributed by atoms with Gasteiger partial charge < -0.3 is 14.5 Å². The zero-order chi connectivity index (χ0) is 21.8. The van der Waals surface area contributed by atoms with Crippen LogP contribution in [0.3, 0.4) is 0 Å². The van der Waals surface area contributed by atoms with E-state index in [4.69, 9.17) is 16.3 Å². The van der Waals surface area contributed by atoms with E-state index < -0.39 is 0 Å². The number of nitrogens with zero attached hydrogens (tertiary/aromatic N) is 2. The molecule has 0 atom stereocenters. The molecule has 0 aliphatic carbocycles. The largest absolute Gasteiger partial charge is 0.496 e. The molecule has 2 aromatic carbocycles. The van der Waals surface area contributed by atoms with Gasteiger partial charge in [-0.3, -0.25) is 9.59 Å². The van der Waals surface area contributed by atoms with Crippen LogP contribution in [0.1, 0.15) is 28.8 Å². The Bertz CT molecular complexity index is 948. The van der Waals surface area contributed by atoms with E-state index in [9.17, 15) is 14.0 Å². The summed E-state index contributed by atoms with van der Waals surface area (Å²) in [7, 11) is 3.19. The van der Waals surface area contributed by atoms with Crippen LogP contribution in [-0.2, 0) is 11.3 Å². The van der Waals surface area contributed by atoms with Crippen LogP contribution in [-0.4, -0.2) is 48.9 Å². The number of benzene rings is 2. The Kier molecular flexibility index (Phi) is 7.36. The van der Waals surface area contributed by atoms with Gasteiger partial charge in [0.05, 0.1) is 12.7 Å². The van der Waals surface area contributed by atoms with Crippen LogP contribution >= 0.6 is 27.5 Å². The van der Waals surface area contributed by atoms with Crippen molar-refractivity contribution in [2.24, 2.45) is 5.92 Å². The van der Waals surface area contributed by atoms with Gasteiger partial charge in [0.1, 0.15) is 11.6 Å². The van der Waals surface area contributed by atoms with Crippen LogP contribution in [0.2, 0.25) is 5.02 Å². The molecular weight excluding hydrogens is 475 g/mol. The van der Waals surface area contributed by atoms with Crippen molar-refractivity contribution in [1.29, 1.82) is 0 Å². The van der Waals surface area contributed by atoms with Crippen molar-refractivity contribution in [2.45, 2.75) is 19.4 Å². The summed E-state index contributed by atoms with van der Waals surface area (Å²) >= 11 is 9.37. The lowest BCUT2D eigenvalue weighted by Crippen LogP contribution is -2.43. The molecule has 0 unspecified atom stereocenters. The summed E-state index contributed by atoms with van der Waals surface area (Å²) in [6.45, 7) is 1.12. The molecule has 0 aromatic heterocycles. The van der Waals surface area contributed by atoms with E-state index in [0.717, 1.165) is 4.47 Å². The van der Waals surface area contributed by atoms with Crippen LogP contribution in [0.25, 0.3) is 0 Å². The zero-order valence-corrected chi connectivity index (χ0v) is 19.2. The number of ether oxygens (including phenoxy) is 1. The number of piperidine rings is 1. The van der Waals surface area contributed by atoms with E-state index in [2.05, 4.69) is 15.9 Å². The number of hydrogen-bond acceptors (Lipinski definition) is 3. The quantitative estimate of drug-likeness (QED) is 0.598. The Balaban J connectivity index is 1.61. The highest BCUT2D eigenvalue weighted by molar-refractivity contribution is 9.10. The zero-order valence-electron chi connectivity index (χ0n) is 16.8. The van der Waals surface area contributed by atoms with Gasteiger partial charge in [-0.15, -0.1) is 0 Å². The van der Waals surface area contributed by atoms with Crippen molar-refractivity contribution < 1.29 is 18.7 Å². The first kappa shape index (κ1) is 22.6. The molecule has 2 amide bonds. The van der Waals surface area contributed by atoms with Crippen LogP contribution < -0.4 is 4.74 Å². The van der Waals surface area contributed by atoms with Gasteiger partial charge in [0, 0.05) is 47.7 Å². The average Bonchev–Trinajstić information content (AvgIpc) is 2.75. The third-order valence-corrected chi connectivity index (χ3v) is 6.04. The Morgan fingerprint density at radius 3 is 2.60 bits per heavy atom. The minimum atomic E-state index is -0.339. The number of halogens is 3.